The summed E-state index contributed by atoms with van der Waals surface area (Å²) < 4.78 is 8.46. The van der Waals surface area contributed by atoms with Gasteiger partial charge < -0.3 is 9.47 Å². The van der Waals surface area contributed by atoms with E-state index in [1.54, 1.807) is 30.3 Å². The molecule has 4 heteroatoms. The Labute approximate surface area is 68.9 Å². The molecular weight excluding hydrogens is 158 g/mol. The van der Waals surface area contributed by atoms with E-state index in [-0.39, 0.29) is 0 Å². The summed E-state index contributed by atoms with van der Waals surface area (Å²) in [5, 5.41) is 7.94. The Balaban J connectivity index is 2.54. The van der Waals surface area contributed by atoms with Crippen molar-refractivity contribution in [3.63, 3.8) is 0 Å². The van der Waals surface area contributed by atoms with Crippen LogP contribution in [0.15, 0.2) is 30.3 Å². The van der Waals surface area contributed by atoms with Gasteiger partial charge in [-0.3, -0.25) is 0 Å². The topological polar surface area (TPSA) is 59.3 Å². The van der Waals surface area contributed by atoms with Gasteiger partial charge in [0.1, 0.15) is 5.75 Å². The highest BCUT2D eigenvalue weighted by Crippen LogP contribution is 2.08. The third-order valence-corrected chi connectivity index (χ3v) is 1.07. The molecule has 0 N–H and O–H groups in total. The van der Waals surface area contributed by atoms with Crippen LogP contribution in [0.25, 0.3) is 0 Å². The van der Waals surface area contributed by atoms with Gasteiger partial charge in [-0.25, -0.2) is 4.79 Å². The van der Waals surface area contributed by atoms with Crippen LogP contribution >= 0.6 is 0 Å². The Morgan fingerprint density at radius 1 is 1.33 bits per heavy atom. The molecule has 1 aromatic carbocycles. The highest BCUT2D eigenvalue weighted by atomic mass is 16.7. The largest absolute Gasteiger partial charge is 0.529 e. The zero-order valence-electron chi connectivity index (χ0n) is 6.06. The molecule has 12 heavy (non-hydrogen) atoms. The second kappa shape index (κ2) is 3.98. The van der Waals surface area contributed by atoms with E-state index in [1.165, 1.54) is 6.26 Å². The number of hydrogen-bond acceptors (Lipinski definition) is 4. The number of nitrogens with zero attached hydrogens (tertiary/aromatic N) is 1. The van der Waals surface area contributed by atoms with Gasteiger partial charge >= 0.3 is 6.16 Å². The highest BCUT2D eigenvalue weighted by Gasteiger charge is 2.03. The maximum absolute atomic E-state index is 10.5. The highest BCUT2D eigenvalue weighted by molar-refractivity contribution is 5.64. The Bertz CT molecular complexity index is 302. The molecule has 4 nitrogen and oxygen atoms in total. The first-order chi connectivity index (χ1) is 5.83. The molecule has 0 amide bonds. The molecule has 0 fully saturated rings. The standard InChI is InChI=1S/C8H5NO3/c9-6-11-8(10)12-7-4-2-1-3-5-7/h1-5H. The van der Waals surface area contributed by atoms with Gasteiger partial charge in [0.15, 0.2) is 0 Å². The van der Waals surface area contributed by atoms with Crippen LogP contribution in [0.3, 0.4) is 0 Å². The van der Waals surface area contributed by atoms with Gasteiger partial charge in [-0.2, -0.15) is 0 Å². The van der Waals surface area contributed by atoms with Crippen LogP contribution in [0, 0.1) is 11.5 Å². The summed E-state index contributed by atoms with van der Waals surface area (Å²) in [7, 11) is 0. The fourth-order valence-electron chi connectivity index (χ4n) is 0.643. The molecule has 0 saturated carbocycles. The van der Waals surface area contributed by atoms with E-state index in [9.17, 15) is 4.79 Å². The van der Waals surface area contributed by atoms with Gasteiger partial charge in [-0.1, -0.05) is 18.2 Å². The van der Waals surface area contributed by atoms with Crippen LogP contribution in [0.2, 0.25) is 0 Å². The van der Waals surface area contributed by atoms with E-state index in [2.05, 4.69) is 9.47 Å². The van der Waals surface area contributed by atoms with Gasteiger partial charge in [0.2, 0.25) is 0 Å². The smallest absolute Gasteiger partial charge is 0.394 e. The average Bonchev–Trinajstić information content (AvgIpc) is 2.06. The first-order valence-electron chi connectivity index (χ1n) is 3.15. The van der Waals surface area contributed by atoms with Crippen molar-refractivity contribution in [2.45, 2.75) is 0 Å². The van der Waals surface area contributed by atoms with Gasteiger partial charge in [0.25, 0.3) is 6.26 Å². The van der Waals surface area contributed by atoms with Crippen molar-refractivity contribution in [3.05, 3.63) is 30.3 Å². The van der Waals surface area contributed by atoms with E-state index in [4.69, 9.17) is 5.26 Å². The molecule has 0 aromatic heterocycles. The molecule has 60 valence electrons. The van der Waals surface area contributed by atoms with Crippen molar-refractivity contribution in [1.29, 1.82) is 5.26 Å². The first kappa shape index (κ1) is 8.08. The third-order valence-electron chi connectivity index (χ3n) is 1.07. The molecule has 0 aliphatic carbocycles. The molecule has 0 radical (unpaired) electrons. The predicted octanol–water partition coefficient (Wildman–Crippen LogP) is 1.68. The minimum absolute atomic E-state index is 0.345. The maximum atomic E-state index is 10.5. The van der Waals surface area contributed by atoms with Crippen LogP contribution in [0.5, 0.6) is 5.75 Å². The van der Waals surface area contributed by atoms with Crippen molar-refractivity contribution in [2.24, 2.45) is 0 Å². The van der Waals surface area contributed by atoms with Crippen LogP contribution in [0.1, 0.15) is 0 Å². The fraction of sp³-hybridized carbons (Fsp3) is 0. The number of hydrogen-bond donors (Lipinski definition) is 0. The van der Waals surface area contributed by atoms with E-state index in [1.807, 2.05) is 0 Å². The van der Waals surface area contributed by atoms with Crippen molar-refractivity contribution in [1.82, 2.24) is 0 Å². The van der Waals surface area contributed by atoms with Gasteiger partial charge in [-0.15, -0.1) is 5.26 Å². The summed E-state index contributed by atoms with van der Waals surface area (Å²) in [5.41, 5.74) is 0. The second-order valence-corrected chi connectivity index (χ2v) is 1.86. The lowest BCUT2D eigenvalue weighted by molar-refractivity contribution is 0.141. The number of rotatable bonds is 1. The first-order valence-corrected chi connectivity index (χ1v) is 3.15. The molecule has 0 atom stereocenters. The predicted molar refractivity (Wildman–Crippen MR) is 39.2 cm³/mol. The SMILES string of the molecule is N#COC(=O)Oc1ccccc1. The quantitative estimate of drug-likeness (QED) is 0.359. The number of benzene rings is 1. The number of carbonyl (C=O) groups is 1. The van der Waals surface area contributed by atoms with Gasteiger partial charge in [-0.05, 0) is 12.1 Å². The minimum Gasteiger partial charge on any atom is -0.394 e. The zero-order chi connectivity index (χ0) is 8.81. The van der Waals surface area contributed by atoms with Crippen molar-refractivity contribution < 1.29 is 14.3 Å². The summed E-state index contributed by atoms with van der Waals surface area (Å²) in [6.07, 6.45) is 0.189. The number of para-hydroxylation sites is 1. The normalized spacial score (nSPS) is 8.25. The minimum atomic E-state index is -1.02. The summed E-state index contributed by atoms with van der Waals surface area (Å²) in [6, 6.07) is 8.35. The Morgan fingerprint density at radius 3 is 2.58 bits per heavy atom. The van der Waals surface area contributed by atoms with Crippen LogP contribution in [-0.2, 0) is 4.74 Å². The Kier molecular flexibility index (Phi) is 2.68. The zero-order valence-corrected chi connectivity index (χ0v) is 6.06. The number of ether oxygens (including phenoxy) is 2. The lowest BCUT2D eigenvalue weighted by Gasteiger charge is -1.98. The summed E-state index contributed by atoms with van der Waals surface area (Å²) >= 11 is 0. The Hall–Kier alpha value is -2.02. The maximum Gasteiger partial charge on any atom is 0.529 e. The van der Waals surface area contributed by atoms with Crippen LogP contribution < -0.4 is 4.74 Å². The van der Waals surface area contributed by atoms with Crippen LogP contribution in [0.4, 0.5) is 4.79 Å². The average molecular weight is 163 g/mol. The number of carbonyl (C=O) groups excluding carboxylic acids is 1. The fourth-order valence-corrected chi connectivity index (χ4v) is 0.643. The van der Waals surface area contributed by atoms with E-state index < -0.39 is 6.16 Å². The van der Waals surface area contributed by atoms with Crippen LogP contribution in [-0.4, -0.2) is 6.16 Å². The lowest BCUT2D eigenvalue weighted by atomic mass is 10.3. The van der Waals surface area contributed by atoms with E-state index >= 15 is 0 Å². The van der Waals surface area contributed by atoms with Crippen molar-refractivity contribution in [2.75, 3.05) is 0 Å². The van der Waals surface area contributed by atoms with Gasteiger partial charge in [0.05, 0.1) is 0 Å². The molecule has 0 saturated heterocycles. The van der Waals surface area contributed by atoms with E-state index in [0.717, 1.165) is 0 Å². The molecule has 1 rings (SSSR count). The van der Waals surface area contributed by atoms with E-state index in [0.29, 0.717) is 5.75 Å². The Morgan fingerprint density at radius 2 is 2.00 bits per heavy atom. The molecule has 0 aliphatic heterocycles. The molecule has 0 aliphatic rings. The summed E-state index contributed by atoms with van der Waals surface area (Å²) in [5.74, 6) is 0.345. The molecule has 0 spiro atoms. The molecule has 1 aromatic rings. The van der Waals surface area contributed by atoms with Crippen molar-refractivity contribution >= 4 is 6.16 Å². The van der Waals surface area contributed by atoms with Gasteiger partial charge in [0, 0.05) is 0 Å². The second-order valence-electron chi connectivity index (χ2n) is 1.86. The summed E-state index contributed by atoms with van der Waals surface area (Å²) in [6.45, 7) is 0. The molecule has 0 heterocycles. The lowest BCUT2D eigenvalue weighted by Crippen LogP contribution is -2.06. The molecule has 0 bridgehead atoms. The third kappa shape index (κ3) is 2.31. The monoisotopic (exact) mass is 163 g/mol. The summed E-state index contributed by atoms with van der Waals surface area (Å²) in [4.78, 5) is 10.5. The molecule has 0 unspecified atom stereocenters. The molecular formula is C8H5NO3. The van der Waals surface area contributed by atoms with Crippen molar-refractivity contribution in [3.8, 4) is 12.0 Å². The number of nitriles is 1.